The van der Waals surface area contributed by atoms with Gasteiger partial charge >= 0.3 is 11.9 Å². The van der Waals surface area contributed by atoms with Crippen LogP contribution < -0.4 is 0 Å². The van der Waals surface area contributed by atoms with E-state index in [4.69, 9.17) is 9.15 Å². The van der Waals surface area contributed by atoms with E-state index in [9.17, 15) is 19.2 Å². The predicted octanol–water partition coefficient (Wildman–Crippen LogP) is 3.67. The molecule has 3 aromatic rings. The zero-order chi connectivity index (χ0) is 23.5. The number of benzene rings is 1. The second-order valence-corrected chi connectivity index (χ2v) is 8.05. The molecule has 1 aromatic carbocycles. The number of imide groups is 1. The van der Waals surface area contributed by atoms with E-state index in [0.717, 1.165) is 33.1 Å². The maximum atomic E-state index is 12.7. The molecule has 0 radical (unpaired) electrons. The van der Waals surface area contributed by atoms with Gasteiger partial charge < -0.3 is 18.5 Å². The number of esters is 2. The van der Waals surface area contributed by atoms with Gasteiger partial charge in [-0.15, -0.1) is 0 Å². The molecule has 2 amide bonds. The van der Waals surface area contributed by atoms with Crippen LogP contribution in [-0.2, 0) is 25.6 Å². The number of hydrogen-bond donors (Lipinski definition) is 0. The first-order valence-corrected chi connectivity index (χ1v) is 10.9. The highest BCUT2D eigenvalue weighted by Gasteiger charge is 2.36. The Bertz CT molecular complexity index is 1290. The van der Waals surface area contributed by atoms with Gasteiger partial charge in [0.25, 0.3) is 11.1 Å². The zero-order valence-electron chi connectivity index (χ0n) is 17.9. The monoisotopic (exact) mass is 468 g/mol. The Morgan fingerprint density at radius 1 is 1.15 bits per heavy atom. The Hall–Kier alpha value is -3.79. The minimum atomic E-state index is -0.637. The number of carbonyl (C=O) groups is 4. The van der Waals surface area contributed by atoms with Crippen molar-refractivity contribution in [3.05, 3.63) is 64.6 Å². The maximum Gasteiger partial charge on any atom is 0.373 e. The molecular formula is C23H20N2O7S. The van der Waals surface area contributed by atoms with Crippen LogP contribution in [0.25, 0.3) is 17.0 Å². The average Bonchev–Trinajstić information content (AvgIpc) is 3.48. The highest BCUT2D eigenvalue weighted by Crippen LogP contribution is 2.34. The molecule has 9 nitrogen and oxygen atoms in total. The first-order valence-electron chi connectivity index (χ1n) is 10.1. The van der Waals surface area contributed by atoms with Gasteiger partial charge in [-0.2, -0.15) is 0 Å². The molecule has 4 rings (SSSR count). The van der Waals surface area contributed by atoms with E-state index < -0.39 is 29.6 Å². The van der Waals surface area contributed by atoms with Gasteiger partial charge in [0, 0.05) is 22.7 Å². The van der Waals surface area contributed by atoms with Crippen molar-refractivity contribution in [2.45, 2.75) is 13.5 Å². The van der Waals surface area contributed by atoms with Gasteiger partial charge in [0.05, 0.1) is 25.2 Å². The summed E-state index contributed by atoms with van der Waals surface area (Å²) in [5.41, 5.74) is 1.61. The second kappa shape index (κ2) is 9.37. The van der Waals surface area contributed by atoms with Crippen molar-refractivity contribution < 1.29 is 33.1 Å². The third-order valence-electron chi connectivity index (χ3n) is 4.95. The van der Waals surface area contributed by atoms with E-state index in [-0.39, 0.29) is 17.3 Å². The Balaban J connectivity index is 1.63. The van der Waals surface area contributed by atoms with Crippen molar-refractivity contribution in [2.75, 3.05) is 20.3 Å². The van der Waals surface area contributed by atoms with E-state index in [1.807, 2.05) is 35.0 Å². The van der Waals surface area contributed by atoms with Crippen LogP contribution in [0.5, 0.6) is 0 Å². The lowest BCUT2D eigenvalue weighted by atomic mass is 10.1. The summed E-state index contributed by atoms with van der Waals surface area (Å²) >= 11 is 0.779. The number of para-hydroxylation sites is 1. The summed E-state index contributed by atoms with van der Waals surface area (Å²) in [5.74, 6) is -1.07. The molecule has 3 heterocycles. The summed E-state index contributed by atoms with van der Waals surface area (Å²) in [6.45, 7) is 1.75. The lowest BCUT2D eigenvalue weighted by molar-refractivity contribution is -0.145. The average molecular weight is 468 g/mol. The van der Waals surface area contributed by atoms with Gasteiger partial charge in [0.2, 0.25) is 5.76 Å². The van der Waals surface area contributed by atoms with Gasteiger partial charge in [-0.25, -0.2) is 4.79 Å². The molecule has 0 bridgehead atoms. The van der Waals surface area contributed by atoms with E-state index in [0.29, 0.717) is 12.3 Å². The molecule has 33 heavy (non-hydrogen) atoms. The second-order valence-electron chi connectivity index (χ2n) is 7.06. The number of aromatic nitrogens is 1. The fourth-order valence-corrected chi connectivity index (χ4v) is 4.30. The third-order valence-corrected chi connectivity index (χ3v) is 5.85. The minimum Gasteiger partial charge on any atom is -0.465 e. The van der Waals surface area contributed by atoms with Gasteiger partial charge in [0.15, 0.2) is 0 Å². The van der Waals surface area contributed by atoms with Crippen molar-refractivity contribution in [1.82, 2.24) is 9.47 Å². The van der Waals surface area contributed by atoms with Crippen LogP contribution in [0.1, 0.15) is 28.8 Å². The molecule has 0 saturated carbocycles. The Morgan fingerprint density at radius 2 is 1.94 bits per heavy atom. The summed E-state index contributed by atoms with van der Waals surface area (Å²) in [5, 5.41) is 0.350. The van der Waals surface area contributed by atoms with Gasteiger partial charge in [-0.3, -0.25) is 19.3 Å². The highest BCUT2D eigenvalue weighted by molar-refractivity contribution is 8.18. The first kappa shape index (κ1) is 22.4. The van der Waals surface area contributed by atoms with E-state index >= 15 is 0 Å². The maximum absolute atomic E-state index is 12.7. The fraction of sp³-hybridized carbons (Fsp3) is 0.217. The van der Waals surface area contributed by atoms with Crippen LogP contribution in [0.3, 0.4) is 0 Å². The standard InChI is InChI=1S/C23H20N2O7S/c1-3-31-20(26)13-25-21(27)19(33-23(25)29)10-14-11-24(17-7-5-4-6-16(14)17)12-15-8-9-18(32-15)22(28)30-2/h4-11H,3,12-13H2,1-2H3/b19-10+. The molecule has 0 N–H and O–H groups in total. The van der Waals surface area contributed by atoms with Crippen LogP contribution in [0.4, 0.5) is 4.79 Å². The van der Waals surface area contributed by atoms with Crippen LogP contribution in [-0.4, -0.2) is 52.8 Å². The van der Waals surface area contributed by atoms with Crippen molar-refractivity contribution in [1.29, 1.82) is 0 Å². The Labute approximate surface area is 192 Å². The number of furan rings is 1. The Morgan fingerprint density at radius 3 is 2.70 bits per heavy atom. The number of nitrogens with zero attached hydrogens (tertiary/aromatic N) is 2. The zero-order valence-corrected chi connectivity index (χ0v) is 18.7. The van der Waals surface area contributed by atoms with Crippen LogP contribution in [0.15, 0.2) is 51.9 Å². The summed E-state index contributed by atoms with van der Waals surface area (Å²) in [6.07, 6.45) is 3.47. The lowest BCUT2D eigenvalue weighted by Gasteiger charge is -2.10. The smallest absolute Gasteiger partial charge is 0.373 e. The quantitative estimate of drug-likeness (QED) is 0.382. The van der Waals surface area contributed by atoms with Crippen molar-refractivity contribution in [3.8, 4) is 0 Å². The molecule has 1 fully saturated rings. The van der Waals surface area contributed by atoms with Gasteiger partial charge in [0.1, 0.15) is 12.3 Å². The van der Waals surface area contributed by atoms with Crippen LogP contribution in [0, 0.1) is 0 Å². The molecule has 0 atom stereocenters. The molecule has 0 spiro atoms. The summed E-state index contributed by atoms with van der Waals surface area (Å²) in [6, 6.07) is 10.8. The number of ether oxygens (including phenoxy) is 2. The van der Waals surface area contributed by atoms with Crippen LogP contribution in [0.2, 0.25) is 0 Å². The van der Waals surface area contributed by atoms with Crippen molar-refractivity contribution in [3.63, 3.8) is 0 Å². The van der Waals surface area contributed by atoms with Gasteiger partial charge in [-0.05, 0) is 43.0 Å². The number of amides is 2. The van der Waals surface area contributed by atoms with Crippen molar-refractivity contribution >= 4 is 51.8 Å². The number of hydrogen-bond acceptors (Lipinski definition) is 8. The summed E-state index contributed by atoms with van der Waals surface area (Å²) < 4.78 is 17.0. The largest absolute Gasteiger partial charge is 0.465 e. The molecular weight excluding hydrogens is 448 g/mol. The topological polar surface area (TPSA) is 108 Å². The summed E-state index contributed by atoms with van der Waals surface area (Å²) in [4.78, 5) is 49.5. The molecule has 1 aliphatic rings. The molecule has 1 aliphatic heterocycles. The molecule has 170 valence electrons. The number of fused-ring (bicyclic) bond motifs is 1. The predicted molar refractivity (Wildman–Crippen MR) is 120 cm³/mol. The fourth-order valence-electron chi connectivity index (χ4n) is 3.48. The summed E-state index contributed by atoms with van der Waals surface area (Å²) in [7, 11) is 1.28. The van der Waals surface area contributed by atoms with Gasteiger partial charge in [-0.1, -0.05) is 18.2 Å². The number of methoxy groups -OCH3 is 1. The molecule has 2 aromatic heterocycles. The number of rotatable bonds is 7. The van der Waals surface area contributed by atoms with E-state index in [1.165, 1.54) is 7.11 Å². The third kappa shape index (κ3) is 4.56. The molecule has 0 aliphatic carbocycles. The molecule has 10 heteroatoms. The first-order chi connectivity index (χ1) is 15.9. The molecule has 1 saturated heterocycles. The van der Waals surface area contributed by atoms with Crippen LogP contribution >= 0.6 is 11.8 Å². The SMILES string of the molecule is CCOC(=O)CN1C(=O)S/C(=C/c2cn(Cc3ccc(C(=O)OC)o3)c3ccccc23)C1=O. The Kier molecular flexibility index (Phi) is 6.36. The van der Waals surface area contributed by atoms with Crippen molar-refractivity contribution in [2.24, 2.45) is 0 Å². The minimum absolute atomic E-state index is 0.111. The highest BCUT2D eigenvalue weighted by atomic mass is 32.2. The normalized spacial score (nSPS) is 15.0. The van der Waals surface area contributed by atoms with E-state index in [2.05, 4.69) is 4.74 Å². The molecule has 0 unspecified atom stereocenters. The number of thioether (sulfide) groups is 1. The van der Waals surface area contributed by atoms with E-state index in [1.54, 1.807) is 25.1 Å². The lowest BCUT2D eigenvalue weighted by Crippen LogP contribution is -2.34. The number of carbonyl (C=O) groups excluding carboxylic acids is 4.